The minimum atomic E-state index is -0.101. The number of nitrogens with zero attached hydrogens (tertiary/aromatic N) is 1. The van der Waals surface area contributed by atoms with E-state index in [1.54, 1.807) is 23.5 Å². The third-order valence-electron chi connectivity index (χ3n) is 4.20. The molecule has 0 fully saturated rings. The molecule has 2 amide bonds. The fraction of sp³-hybridized carbons (Fsp3) is 0.190. The Morgan fingerprint density at radius 2 is 1.81 bits per heavy atom. The maximum absolute atomic E-state index is 12.8. The smallest absolute Gasteiger partial charge is 0.319 e. The van der Waals surface area contributed by atoms with Gasteiger partial charge in [-0.1, -0.05) is 41.9 Å². The van der Waals surface area contributed by atoms with E-state index in [1.165, 1.54) is 16.0 Å². The highest BCUT2D eigenvalue weighted by Gasteiger charge is 2.16. The monoisotopic (exact) mass is 384 g/mol. The third kappa shape index (κ3) is 5.10. The van der Waals surface area contributed by atoms with Crippen LogP contribution in [-0.4, -0.2) is 17.5 Å². The molecule has 3 rings (SSSR count). The second kappa shape index (κ2) is 8.88. The number of benzene rings is 2. The summed E-state index contributed by atoms with van der Waals surface area (Å²) < 4.78 is 0. The zero-order valence-corrected chi connectivity index (χ0v) is 16.2. The SMILES string of the molecule is Cc1ccsc1CN(CCc1ccccc1)C(=O)Nc1ccc(Cl)cc1. The molecule has 3 aromatic rings. The van der Waals surface area contributed by atoms with E-state index in [4.69, 9.17) is 11.6 Å². The molecule has 0 bridgehead atoms. The van der Waals surface area contributed by atoms with E-state index in [1.807, 2.05) is 35.2 Å². The molecule has 1 aromatic heterocycles. The van der Waals surface area contributed by atoms with Gasteiger partial charge in [-0.3, -0.25) is 0 Å². The first kappa shape index (κ1) is 18.5. The Hall–Kier alpha value is -2.30. The fourth-order valence-corrected chi connectivity index (χ4v) is 3.68. The molecule has 5 heteroatoms. The molecule has 0 aliphatic carbocycles. The molecule has 0 unspecified atom stereocenters. The highest BCUT2D eigenvalue weighted by molar-refractivity contribution is 7.10. The maximum Gasteiger partial charge on any atom is 0.322 e. The van der Waals surface area contributed by atoms with E-state index in [9.17, 15) is 4.79 Å². The zero-order chi connectivity index (χ0) is 18.4. The Morgan fingerprint density at radius 1 is 1.08 bits per heavy atom. The summed E-state index contributed by atoms with van der Waals surface area (Å²) in [4.78, 5) is 15.9. The first-order valence-electron chi connectivity index (χ1n) is 8.50. The predicted octanol–water partition coefficient (Wildman–Crippen LogP) is 5.99. The number of hydrogen-bond donors (Lipinski definition) is 1. The van der Waals surface area contributed by atoms with Crippen molar-refractivity contribution in [2.45, 2.75) is 19.9 Å². The van der Waals surface area contributed by atoms with Gasteiger partial charge >= 0.3 is 6.03 Å². The van der Waals surface area contributed by atoms with Crippen molar-refractivity contribution in [1.82, 2.24) is 4.90 Å². The lowest BCUT2D eigenvalue weighted by Gasteiger charge is -2.23. The Kier molecular flexibility index (Phi) is 6.31. The molecule has 0 saturated heterocycles. The summed E-state index contributed by atoms with van der Waals surface area (Å²) in [6.07, 6.45) is 0.819. The number of anilines is 1. The van der Waals surface area contributed by atoms with Crippen molar-refractivity contribution >= 4 is 34.7 Å². The van der Waals surface area contributed by atoms with Gasteiger partial charge in [-0.25, -0.2) is 4.79 Å². The molecule has 26 heavy (non-hydrogen) atoms. The number of carbonyl (C=O) groups excluding carboxylic acids is 1. The molecule has 3 nitrogen and oxygen atoms in total. The summed E-state index contributed by atoms with van der Waals surface area (Å²) in [5, 5.41) is 5.69. The van der Waals surface area contributed by atoms with Gasteiger partial charge in [0.25, 0.3) is 0 Å². The number of rotatable bonds is 6. The van der Waals surface area contributed by atoms with Gasteiger partial charge in [-0.2, -0.15) is 0 Å². The quantitative estimate of drug-likeness (QED) is 0.556. The van der Waals surface area contributed by atoms with Gasteiger partial charge in [0, 0.05) is 22.1 Å². The molecule has 0 radical (unpaired) electrons. The number of amides is 2. The second-order valence-corrected chi connectivity index (χ2v) is 7.56. The summed E-state index contributed by atoms with van der Waals surface area (Å²) in [6.45, 7) is 3.34. The van der Waals surface area contributed by atoms with Crippen LogP contribution in [0.5, 0.6) is 0 Å². The van der Waals surface area contributed by atoms with Crippen molar-refractivity contribution in [2.24, 2.45) is 0 Å². The van der Waals surface area contributed by atoms with Crippen LogP contribution in [0.25, 0.3) is 0 Å². The summed E-state index contributed by atoms with van der Waals surface area (Å²) in [5.74, 6) is 0. The van der Waals surface area contributed by atoms with Crippen molar-refractivity contribution in [3.05, 3.63) is 87.1 Å². The van der Waals surface area contributed by atoms with Crippen LogP contribution in [0.4, 0.5) is 10.5 Å². The molecule has 2 aromatic carbocycles. The lowest BCUT2D eigenvalue weighted by Crippen LogP contribution is -2.36. The van der Waals surface area contributed by atoms with Gasteiger partial charge in [0.05, 0.1) is 6.54 Å². The number of aryl methyl sites for hydroxylation is 1. The standard InChI is InChI=1S/C21H21ClN2OS/c1-16-12-14-26-20(16)15-24(13-11-17-5-3-2-4-6-17)21(25)23-19-9-7-18(22)8-10-19/h2-10,12,14H,11,13,15H2,1H3,(H,23,25). The van der Waals surface area contributed by atoms with E-state index < -0.39 is 0 Å². The predicted molar refractivity (Wildman–Crippen MR) is 110 cm³/mol. The molecule has 1 N–H and O–H groups in total. The average molecular weight is 385 g/mol. The van der Waals surface area contributed by atoms with Crippen molar-refractivity contribution < 1.29 is 4.79 Å². The van der Waals surface area contributed by atoms with E-state index in [0.717, 1.165) is 12.1 Å². The summed E-state index contributed by atoms with van der Waals surface area (Å²) in [7, 11) is 0. The molecule has 0 saturated carbocycles. The lowest BCUT2D eigenvalue weighted by atomic mass is 10.1. The first-order valence-corrected chi connectivity index (χ1v) is 9.76. The number of nitrogens with one attached hydrogen (secondary N) is 1. The molecule has 0 spiro atoms. The number of carbonyl (C=O) groups is 1. The van der Waals surface area contributed by atoms with E-state index in [0.29, 0.717) is 18.1 Å². The van der Waals surface area contributed by atoms with Crippen LogP contribution in [0.1, 0.15) is 16.0 Å². The van der Waals surface area contributed by atoms with Crippen LogP contribution in [0.2, 0.25) is 5.02 Å². The van der Waals surface area contributed by atoms with Crippen LogP contribution in [0.15, 0.2) is 66.0 Å². The fourth-order valence-electron chi connectivity index (χ4n) is 2.64. The van der Waals surface area contributed by atoms with Gasteiger partial charge in [-0.05, 0) is 60.2 Å². The number of halogens is 1. The van der Waals surface area contributed by atoms with E-state index in [-0.39, 0.29) is 6.03 Å². The Labute approximate surface area is 163 Å². The van der Waals surface area contributed by atoms with Crippen LogP contribution >= 0.6 is 22.9 Å². The lowest BCUT2D eigenvalue weighted by molar-refractivity contribution is 0.210. The highest BCUT2D eigenvalue weighted by Crippen LogP contribution is 2.20. The molecule has 0 aliphatic heterocycles. The summed E-state index contributed by atoms with van der Waals surface area (Å²) in [6, 6.07) is 19.4. The largest absolute Gasteiger partial charge is 0.322 e. The van der Waals surface area contributed by atoms with E-state index in [2.05, 4.69) is 35.8 Å². The van der Waals surface area contributed by atoms with Gasteiger partial charge in [0.2, 0.25) is 0 Å². The van der Waals surface area contributed by atoms with Gasteiger partial charge < -0.3 is 10.2 Å². The second-order valence-electron chi connectivity index (χ2n) is 6.12. The van der Waals surface area contributed by atoms with Crippen molar-refractivity contribution in [2.75, 3.05) is 11.9 Å². The third-order valence-corrected chi connectivity index (χ3v) is 5.46. The molecular weight excluding hydrogens is 364 g/mol. The summed E-state index contributed by atoms with van der Waals surface area (Å²) in [5.41, 5.74) is 3.19. The normalized spacial score (nSPS) is 10.5. The van der Waals surface area contributed by atoms with E-state index >= 15 is 0 Å². The van der Waals surface area contributed by atoms with Crippen molar-refractivity contribution in [3.63, 3.8) is 0 Å². The van der Waals surface area contributed by atoms with Crippen molar-refractivity contribution in [3.8, 4) is 0 Å². The minimum absolute atomic E-state index is 0.101. The first-order chi connectivity index (χ1) is 12.6. The van der Waals surface area contributed by atoms with Crippen LogP contribution < -0.4 is 5.32 Å². The van der Waals surface area contributed by atoms with Crippen molar-refractivity contribution in [1.29, 1.82) is 0 Å². The van der Waals surface area contributed by atoms with Crippen LogP contribution in [0.3, 0.4) is 0 Å². The Morgan fingerprint density at radius 3 is 2.46 bits per heavy atom. The van der Waals surface area contributed by atoms with Gasteiger partial charge in [0.1, 0.15) is 0 Å². The molecule has 1 heterocycles. The molecular formula is C21H21ClN2OS. The van der Waals surface area contributed by atoms with Crippen LogP contribution in [-0.2, 0) is 13.0 Å². The molecule has 134 valence electrons. The Bertz CT molecular complexity index is 846. The number of urea groups is 1. The Balaban J connectivity index is 1.71. The molecule has 0 aliphatic rings. The van der Waals surface area contributed by atoms with Gasteiger partial charge in [0.15, 0.2) is 0 Å². The number of thiophene rings is 1. The highest BCUT2D eigenvalue weighted by atomic mass is 35.5. The maximum atomic E-state index is 12.8. The number of hydrogen-bond acceptors (Lipinski definition) is 2. The summed E-state index contributed by atoms with van der Waals surface area (Å²) >= 11 is 7.60. The van der Waals surface area contributed by atoms with Crippen LogP contribution in [0, 0.1) is 6.92 Å². The van der Waals surface area contributed by atoms with Gasteiger partial charge in [-0.15, -0.1) is 11.3 Å². The zero-order valence-electron chi connectivity index (χ0n) is 14.6. The molecule has 0 atom stereocenters. The topological polar surface area (TPSA) is 32.3 Å². The minimum Gasteiger partial charge on any atom is -0.319 e. The average Bonchev–Trinajstić information content (AvgIpc) is 3.06.